The number of carbonyl (C=O) groups excluding carboxylic acids is 2. The van der Waals surface area contributed by atoms with Crippen LogP contribution in [0.3, 0.4) is 0 Å². The maximum atomic E-state index is 11.4. The number of nitrogens with one attached hydrogen (secondary N) is 1. The van der Waals surface area contributed by atoms with Crippen LogP contribution in [0, 0.1) is 11.3 Å². The number of anilines is 1. The second-order valence-electron chi connectivity index (χ2n) is 5.90. The summed E-state index contributed by atoms with van der Waals surface area (Å²) in [6, 6.07) is 7.41. The zero-order valence-corrected chi connectivity index (χ0v) is 13.4. The van der Waals surface area contributed by atoms with Gasteiger partial charge in [-0.3, -0.25) is 9.59 Å². The van der Waals surface area contributed by atoms with Gasteiger partial charge in [0.05, 0.1) is 23.8 Å². The monoisotopic (exact) mass is 330 g/mol. The van der Waals surface area contributed by atoms with E-state index in [-0.39, 0.29) is 18.8 Å². The molecule has 1 N–H and O–H groups in total. The number of esters is 2. The number of benzene rings is 1. The van der Waals surface area contributed by atoms with E-state index in [1.807, 2.05) is 6.07 Å². The van der Waals surface area contributed by atoms with Gasteiger partial charge in [0, 0.05) is 31.5 Å². The Morgan fingerprint density at radius 2 is 2.17 bits per heavy atom. The maximum Gasteiger partial charge on any atom is 0.303 e. The number of rotatable bonds is 3. The molecule has 0 unspecified atom stereocenters. The lowest BCUT2D eigenvalue weighted by Gasteiger charge is -2.45. The van der Waals surface area contributed by atoms with Crippen molar-refractivity contribution in [2.75, 3.05) is 11.9 Å². The summed E-state index contributed by atoms with van der Waals surface area (Å²) in [6.07, 6.45) is -0.902. The van der Waals surface area contributed by atoms with Gasteiger partial charge in [-0.05, 0) is 12.1 Å². The Morgan fingerprint density at radius 1 is 1.38 bits per heavy atom. The first-order valence-corrected chi connectivity index (χ1v) is 7.75. The molecule has 126 valence electrons. The highest BCUT2D eigenvalue weighted by molar-refractivity contribution is 5.67. The summed E-state index contributed by atoms with van der Waals surface area (Å²) in [5.74, 6) is -0.852. The molecule has 4 atom stereocenters. The van der Waals surface area contributed by atoms with Crippen molar-refractivity contribution in [3.63, 3.8) is 0 Å². The lowest BCUT2D eigenvalue weighted by Crippen LogP contribution is -2.55. The van der Waals surface area contributed by atoms with E-state index in [0.29, 0.717) is 12.0 Å². The molecule has 2 heterocycles. The molecule has 0 amide bonds. The van der Waals surface area contributed by atoms with Crippen LogP contribution < -0.4 is 5.32 Å². The number of nitriles is 1. The predicted molar refractivity (Wildman–Crippen MR) is 83.0 cm³/mol. The number of carbonyl (C=O) groups is 2. The third-order valence-electron chi connectivity index (χ3n) is 4.21. The number of hydrogen-bond donors (Lipinski definition) is 1. The van der Waals surface area contributed by atoms with Crippen molar-refractivity contribution in [2.24, 2.45) is 0 Å². The molecule has 0 aromatic heterocycles. The molecule has 1 aromatic rings. The van der Waals surface area contributed by atoms with Crippen molar-refractivity contribution < 1.29 is 23.8 Å². The van der Waals surface area contributed by atoms with Gasteiger partial charge >= 0.3 is 11.9 Å². The summed E-state index contributed by atoms with van der Waals surface area (Å²) in [6.45, 7) is 2.64. The third kappa shape index (κ3) is 3.05. The largest absolute Gasteiger partial charge is 0.463 e. The van der Waals surface area contributed by atoms with Crippen LogP contribution in [0.15, 0.2) is 18.2 Å². The van der Waals surface area contributed by atoms with Crippen molar-refractivity contribution in [1.82, 2.24) is 0 Å². The molecule has 7 nitrogen and oxygen atoms in total. The Balaban J connectivity index is 1.92. The Kier molecular flexibility index (Phi) is 4.40. The van der Waals surface area contributed by atoms with Crippen molar-refractivity contribution in [2.45, 2.75) is 44.6 Å². The molecule has 0 aliphatic carbocycles. The highest BCUT2D eigenvalue weighted by Gasteiger charge is 2.46. The maximum absolute atomic E-state index is 11.4. The SMILES string of the molecule is CC(=O)OC[C@H]1O[C@H]2C[C@H](Nc3cccc(C#N)c32)[C@@H]1OC(C)=O. The summed E-state index contributed by atoms with van der Waals surface area (Å²) in [5, 5.41) is 12.7. The Morgan fingerprint density at radius 3 is 2.83 bits per heavy atom. The van der Waals surface area contributed by atoms with Gasteiger partial charge in [-0.1, -0.05) is 6.07 Å². The van der Waals surface area contributed by atoms with Gasteiger partial charge in [0.15, 0.2) is 6.10 Å². The molecule has 2 bridgehead atoms. The molecular formula is C17H18N2O5. The quantitative estimate of drug-likeness (QED) is 0.842. The lowest BCUT2D eigenvalue weighted by atomic mass is 9.85. The minimum atomic E-state index is -0.589. The van der Waals surface area contributed by atoms with Crippen LogP contribution in [0.1, 0.15) is 37.5 Å². The highest BCUT2D eigenvalue weighted by atomic mass is 16.6. The molecule has 0 saturated carbocycles. The van der Waals surface area contributed by atoms with E-state index in [4.69, 9.17) is 14.2 Å². The van der Waals surface area contributed by atoms with Gasteiger partial charge in [-0.2, -0.15) is 5.26 Å². The first-order chi connectivity index (χ1) is 11.5. The predicted octanol–water partition coefficient (Wildman–Crippen LogP) is 1.68. The smallest absolute Gasteiger partial charge is 0.303 e. The molecule has 0 radical (unpaired) electrons. The highest BCUT2D eigenvalue weighted by Crippen LogP contribution is 2.43. The Labute approximate surface area is 139 Å². The standard InChI is InChI=1S/C17H18N2O5/c1-9(20)22-8-15-17(23-10(2)21)13-6-14(24-15)16-11(7-18)4-3-5-12(16)19-13/h3-5,13-15,17,19H,6,8H2,1-2H3/t13-,14-,15+,17-/m0/s1. The number of fused-ring (bicyclic) bond motifs is 4. The third-order valence-corrected chi connectivity index (χ3v) is 4.21. The minimum Gasteiger partial charge on any atom is -0.463 e. The fourth-order valence-electron chi connectivity index (χ4n) is 3.31. The average Bonchev–Trinajstić information content (AvgIpc) is 2.54. The van der Waals surface area contributed by atoms with E-state index < -0.39 is 24.1 Å². The van der Waals surface area contributed by atoms with E-state index >= 15 is 0 Å². The normalized spacial score (nSPS) is 27.2. The number of hydrogen-bond acceptors (Lipinski definition) is 7. The Hall–Kier alpha value is -2.59. The molecule has 1 fully saturated rings. The van der Waals surface area contributed by atoms with Crippen LogP contribution >= 0.6 is 0 Å². The second-order valence-corrected chi connectivity index (χ2v) is 5.90. The summed E-state index contributed by atoms with van der Waals surface area (Å²) in [5.41, 5.74) is 2.14. The first kappa shape index (κ1) is 16.3. The van der Waals surface area contributed by atoms with Gasteiger partial charge < -0.3 is 19.5 Å². The summed E-state index contributed by atoms with van der Waals surface area (Å²) in [4.78, 5) is 22.6. The lowest BCUT2D eigenvalue weighted by molar-refractivity contribution is -0.185. The van der Waals surface area contributed by atoms with Crippen molar-refractivity contribution in [3.8, 4) is 6.07 Å². The zero-order chi connectivity index (χ0) is 17.3. The number of ether oxygens (including phenoxy) is 3. The van der Waals surface area contributed by atoms with Crippen LogP contribution in [0.2, 0.25) is 0 Å². The van der Waals surface area contributed by atoms with Crippen molar-refractivity contribution in [1.29, 1.82) is 5.26 Å². The molecule has 1 saturated heterocycles. The van der Waals surface area contributed by atoms with Gasteiger partial charge in [0.1, 0.15) is 12.7 Å². The van der Waals surface area contributed by atoms with Gasteiger partial charge in [0.25, 0.3) is 0 Å². The first-order valence-electron chi connectivity index (χ1n) is 7.75. The molecule has 3 rings (SSSR count). The van der Waals surface area contributed by atoms with Crippen LogP contribution in [0.25, 0.3) is 0 Å². The van der Waals surface area contributed by atoms with Crippen LogP contribution in [-0.2, 0) is 23.8 Å². The van der Waals surface area contributed by atoms with Gasteiger partial charge in [-0.15, -0.1) is 0 Å². The topological polar surface area (TPSA) is 97.7 Å². The van der Waals surface area contributed by atoms with Crippen LogP contribution in [0.5, 0.6) is 0 Å². The van der Waals surface area contributed by atoms with E-state index in [2.05, 4.69) is 11.4 Å². The van der Waals surface area contributed by atoms with E-state index in [1.165, 1.54) is 13.8 Å². The molecule has 24 heavy (non-hydrogen) atoms. The minimum absolute atomic E-state index is 0.00792. The van der Waals surface area contributed by atoms with E-state index in [1.54, 1.807) is 12.1 Å². The summed E-state index contributed by atoms with van der Waals surface area (Å²) in [7, 11) is 0. The fourth-order valence-corrected chi connectivity index (χ4v) is 3.31. The molecule has 7 heteroatoms. The van der Waals surface area contributed by atoms with Crippen molar-refractivity contribution in [3.05, 3.63) is 29.3 Å². The summed E-state index contributed by atoms with van der Waals surface area (Å²) >= 11 is 0. The molecular weight excluding hydrogens is 312 g/mol. The second kappa shape index (κ2) is 6.49. The van der Waals surface area contributed by atoms with E-state index in [9.17, 15) is 14.9 Å². The van der Waals surface area contributed by atoms with Gasteiger partial charge in [0.2, 0.25) is 0 Å². The van der Waals surface area contributed by atoms with Crippen LogP contribution in [-0.4, -0.2) is 36.8 Å². The zero-order valence-electron chi connectivity index (χ0n) is 13.4. The molecule has 1 aromatic carbocycles. The summed E-state index contributed by atoms with van der Waals surface area (Å²) < 4.78 is 16.5. The van der Waals surface area contributed by atoms with Crippen molar-refractivity contribution >= 4 is 17.6 Å². The van der Waals surface area contributed by atoms with E-state index in [0.717, 1.165) is 11.3 Å². The van der Waals surface area contributed by atoms with Gasteiger partial charge in [-0.25, -0.2) is 0 Å². The molecule has 0 spiro atoms. The van der Waals surface area contributed by atoms with Crippen LogP contribution in [0.4, 0.5) is 5.69 Å². The Bertz CT molecular complexity index is 711. The fraction of sp³-hybridized carbons (Fsp3) is 0.471. The number of nitrogens with zero attached hydrogens (tertiary/aromatic N) is 1. The molecule has 2 aliphatic rings. The average molecular weight is 330 g/mol. The molecule has 2 aliphatic heterocycles.